The van der Waals surface area contributed by atoms with Crippen LogP contribution in [0.3, 0.4) is 0 Å². The predicted octanol–water partition coefficient (Wildman–Crippen LogP) is 2.94. The standard InChI is InChI=1S/C15H26N2O/c1-4-17-14(9-12(3)16-17)10-15(18)13-7-5-11(2)6-8-13/h9,11,13,15,18H,4-8,10H2,1-3H3. The molecule has 1 fully saturated rings. The minimum atomic E-state index is -0.195. The van der Waals surface area contributed by atoms with Gasteiger partial charge < -0.3 is 5.11 Å². The number of aryl methyl sites for hydroxylation is 2. The Morgan fingerprint density at radius 2 is 2.06 bits per heavy atom. The van der Waals surface area contributed by atoms with Gasteiger partial charge in [0.25, 0.3) is 0 Å². The summed E-state index contributed by atoms with van der Waals surface area (Å²) in [6.07, 6.45) is 5.47. The zero-order valence-corrected chi connectivity index (χ0v) is 11.9. The highest BCUT2D eigenvalue weighted by molar-refractivity contribution is 5.10. The topological polar surface area (TPSA) is 38.0 Å². The summed E-state index contributed by atoms with van der Waals surface area (Å²) in [6, 6.07) is 2.11. The van der Waals surface area contributed by atoms with E-state index in [0.29, 0.717) is 5.92 Å². The van der Waals surface area contributed by atoms with Crippen molar-refractivity contribution in [2.45, 2.75) is 65.5 Å². The van der Waals surface area contributed by atoms with E-state index in [2.05, 4.69) is 25.0 Å². The quantitative estimate of drug-likeness (QED) is 0.892. The molecule has 1 aliphatic rings. The van der Waals surface area contributed by atoms with E-state index in [1.165, 1.54) is 31.4 Å². The zero-order chi connectivity index (χ0) is 13.1. The summed E-state index contributed by atoms with van der Waals surface area (Å²) in [5.74, 6) is 1.33. The number of rotatable bonds is 4. The highest BCUT2D eigenvalue weighted by Crippen LogP contribution is 2.31. The van der Waals surface area contributed by atoms with Crippen molar-refractivity contribution in [3.63, 3.8) is 0 Å². The Hall–Kier alpha value is -0.830. The van der Waals surface area contributed by atoms with E-state index in [0.717, 1.165) is 24.6 Å². The number of hydrogen-bond donors (Lipinski definition) is 1. The summed E-state index contributed by atoms with van der Waals surface area (Å²) < 4.78 is 2.02. The molecule has 3 heteroatoms. The fraction of sp³-hybridized carbons (Fsp3) is 0.800. The molecule has 0 radical (unpaired) electrons. The van der Waals surface area contributed by atoms with E-state index < -0.39 is 0 Å². The maximum absolute atomic E-state index is 10.4. The van der Waals surface area contributed by atoms with Crippen molar-refractivity contribution in [3.8, 4) is 0 Å². The van der Waals surface area contributed by atoms with Gasteiger partial charge in [0, 0.05) is 18.7 Å². The summed E-state index contributed by atoms with van der Waals surface area (Å²) in [7, 11) is 0. The van der Waals surface area contributed by atoms with Crippen LogP contribution in [-0.2, 0) is 13.0 Å². The van der Waals surface area contributed by atoms with Gasteiger partial charge in [-0.15, -0.1) is 0 Å². The zero-order valence-electron chi connectivity index (χ0n) is 11.9. The summed E-state index contributed by atoms with van der Waals surface area (Å²) in [5, 5.41) is 14.8. The number of hydrogen-bond acceptors (Lipinski definition) is 2. The van der Waals surface area contributed by atoms with Crippen molar-refractivity contribution in [2.24, 2.45) is 11.8 Å². The second-order valence-corrected chi connectivity index (χ2v) is 5.88. The lowest BCUT2D eigenvalue weighted by atomic mass is 9.79. The molecule has 0 bridgehead atoms. The molecular weight excluding hydrogens is 224 g/mol. The minimum Gasteiger partial charge on any atom is -0.392 e. The molecule has 2 rings (SSSR count). The van der Waals surface area contributed by atoms with E-state index in [-0.39, 0.29) is 6.10 Å². The summed E-state index contributed by atoms with van der Waals surface area (Å²) in [6.45, 7) is 7.32. The van der Waals surface area contributed by atoms with Crippen LogP contribution in [0.2, 0.25) is 0 Å². The van der Waals surface area contributed by atoms with E-state index in [4.69, 9.17) is 0 Å². The van der Waals surface area contributed by atoms with Crippen LogP contribution < -0.4 is 0 Å². The molecule has 1 aromatic rings. The first-order valence-corrected chi connectivity index (χ1v) is 7.31. The highest BCUT2D eigenvalue weighted by Gasteiger charge is 2.25. The first-order valence-electron chi connectivity index (χ1n) is 7.31. The number of aromatic nitrogens is 2. The highest BCUT2D eigenvalue weighted by atomic mass is 16.3. The van der Waals surface area contributed by atoms with Gasteiger partial charge in [0.1, 0.15) is 0 Å². The van der Waals surface area contributed by atoms with Crippen molar-refractivity contribution < 1.29 is 5.11 Å². The minimum absolute atomic E-state index is 0.195. The van der Waals surface area contributed by atoms with Crippen LogP contribution in [0.15, 0.2) is 6.07 Å². The molecule has 1 unspecified atom stereocenters. The Morgan fingerprint density at radius 3 is 2.67 bits per heavy atom. The molecule has 1 saturated carbocycles. The Kier molecular flexibility index (Phi) is 4.44. The largest absolute Gasteiger partial charge is 0.392 e. The van der Waals surface area contributed by atoms with E-state index in [9.17, 15) is 5.11 Å². The molecule has 3 nitrogen and oxygen atoms in total. The van der Waals surface area contributed by atoms with Gasteiger partial charge >= 0.3 is 0 Å². The maximum atomic E-state index is 10.4. The van der Waals surface area contributed by atoms with Gasteiger partial charge in [-0.2, -0.15) is 5.10 Å². The number of aliphatic hydroxyl groups is 1. The van der Waals surface area contributed by atoms with Crippen molar-refractivity contribution in [2.75, 3.05) is 0 Å². The van der Waals surface area contributed by atoms with Gasteiger partial charge in [-0.1, -0.05) is 19.8 Å². The molecule has 1 atom stereocenters. The van der Waals surface area contributed by atoms with Crippen LogP contribution in [0, 0.1) is 18.8 Å². The first-order chi connectivity index (χ1) is 8.60. The fourth-order valence-corrected chi connectivity index (χ4v) is 3.09. The maximum Gasteiger partial charge on any atom is 0.0623 e. The van der Waals surface area contributed by atoms with Crippen LogP contribution in [0.5, 0.6) is 0 Å². The SMILES string of the molecule is CCn1nc(C)cc1CC(O)C1CCC(C)CC1. The summed E-state index contributed by atoms with van der Waals surface area (Å²) in [4.78, 5) is 0. The molecule has 1 N–H and O–H groups in total. The molecular formula is C15H26N2O. The van der Waals surface area contributed by atoms with E-state index in [1.807, 2.05) is 11.6 Å². The molecule has 1 aromatic heterocycles. The van der Waals surface area contributed by atoms with Crippen LogP contribution in [-0.4, -0.2) is 21.0 Å². The smallest absolute Gasteiger partial charge is 0.0623 e. The van der Waals surface area contributed by atoms with Crippen LogP contribution in [0.25, 0.3) is 0 Å². The van der Waals surface area contributed by atoms with E-state index >= 15 is 0 Å². The second kappa shape index (κ2) is 5.87. The van der Waals surface area contributed by atoms with Crippen LogP contribution in [0.1, 0.15) is 50.9 Å². The molecule has 0 spiro atoms. The van der Waals surface area contributed by atoms with Crippen molar-refractivity contribution >= 4 is 0 Å². The molecule has 1 aliphatic carbocycles. The molecule has 0 aromatic carbocycles. The summed E-state index contributed by atoms with van der Waals surface area (Å²) in [5.41, 5.74) is 2.23. The van der Waals surface area contributed by atoms with Gasteiger partial charge in [0.05, 0.1) is 11.8 Å². The van der Waals surface area contributed by atoms with Gasteiger partial charge in [-0.05, 0) is 44.6 Å². The molecule has 102 valence electrons. The van der Waals surface area contributed by atoms with Crippen LogP contribution in [0.4, 0.5) is 0 Å². The molecule has 0 amide bonds. The number of aliphatic hydroxyl groups excluding tert-OH is 1. The second-order valence-electron chi connectivity index (χ2n) is 5.88. The molecule has 0 aliphatic heterocycles. The Balaban J connectivity index is 1.95. The molecule has 1 heterocycles. The van der Waals surface area contributed by atoms with Gasteiger partial charge in [-0.3, -0.25) is 4.68 Å². The van der Waals surface area contributed by atoms with Crippen molar-refractivity contribution in [1.29, 1.82) is 0 Å². The van der Waals surface area contributed by atoms with E-state index in [1.54, 1.807) is 0 Å². The monoisotopic (exact) mass is 250 g/mol. The normalized spacial score (nSPS) is 26.2. The van der Waals surface area contributed by atoms with Crippen molar-refractivity contribution in [1.82, 2.24) is 9.78 Å². The lowest BCUT2D eigenvalue weighted by Crippen LogP contribution is -2.27. The molecule has 18 heavy (non-hydrogen) atoms. The first kappa shape index (κ1) is 13.6. The predicted molar refractivity (Wildman–Crippen MR) is 73.5 cm³/mol. The lowest BCUT2D eigenvalue weighted by molar-refractivity contribution is 0.0744. The van der Waals surface area contributed by atoms with Crippen LogP contribution >= 0.6 is 0 Å². The van der Waals surface area contributed by atoms with Crippen molar-refractivity contribution in [3.05, 3.63) is 17.5 Å². The number of nitrogens with zero attached hydrogens (tertiary/aromatic N) is 2. The third-order valence-electron chi connectivity index (χ3n) is 4.31. The van der Waals surface area contributed by atoms with Gasteiger partial charge in [-0.25, -0.2) is 0 Å². The average molecular weight is 250 g/mol. The fourth-order valence-electron chi connectivity index (χ4n) is 3.09. The Morgan fingerprint density at radius 1 is 1.39 bits per heavy atom. The van der Waals surface area contributed by atoms with Gasteiger partial charge in [0.2, 0.25) is 0 Å². The summed E-state index contributed by atoms with van der Waals surface area (Å²) >= 11 is 0. The third-order valence-corrected chi connectivity index (χ3v) is 4.31. The Bertz CT molecular complexity index is 378. The average Bonchev–Trinajstić information content (AvgIpc) is 2.70. The molecule has 0 saturated heterocycles. The lowest BCUT2D eigenvalue weighted by Gasteiger charge is -2.29. The Labute approximate surface area is 110 Å². The van der Waals surface area contributed by atoms with Gasteiger partial charge in [0.15, 0.2) is 0 Å². The third kappa shape index (κ3) is 3.14.